The number of rotatable bonds is 2. The Bertz CT molecular complexity index is 361. The molecule has 1 fully saturated rings. The van der Waals surface area contributed by atoms with Crippen molar-refractivity contribution < 1.29 is 19.8 Å². The van der Waals surface area contributed by atoms with Gasteiger partial charge < -0.3 is 15.1 Å². The highest BCUT2D eigenvalue weighted by Crippen LogP contribution is 2.30. The van der Waals surface area contributed by atoms with E-state index in [0.717, 1.165) is 0 Å². The van der Waals surface area contributed by atoms with Gasteiger partial charge in [0.25, 0.3) is 0 Å². The van der Waals surface area contributed by atoms with Crippen LogP contribution >= 0.6 is 0 Å². The van der Waals surface area contributed by atoms with Gasteiger partial charge in [0.1, 0.15) is 10.6 Å². The van der Waals surface area contributed by atoms with Crippen LogP contribution < -0.4 is 4.91 Å². The molecule has 1 rings (SSSR count). The molecule has 0 aromatic rings. The third-order valence-electron chi connectivity index (χ3n) is 2.82. The summed E-state index contributed by atoms with van der Waals surface area (Å²) in [6.45, 7) is 1.70. The summed E-state index contributed by atoms with van der Waals surface area (Å²) in [6, 6.07) is -0.451. The SMILES string of the molecule is C[C@H]1C[C@@](N=[N+]=N)(C(=O)O)CCN1C(=O)O. The first kappa shape index (κ1) is 12.1. The second kappa shape index (κ2) is 4.28. The fraction of sp³-hybridized carbons (Fsp3) is 0.750. The van der Waals surface area contributed by atoms with Crippen molar-refractivity contribution in [2.45, 2.75) is 31.3 Å². The summed E-state index contributed by atoms with van der Waals surface area (Å²) in [5.41, 5.74) is 5.17. The molecule has 0 spiro atoms. The number of nitrogens with one attached hydrogen (secondary N) is 1. The van der Waals surface area contributed by atoms with E-state index in [9.17, 15) is 9.59 Å². The zero-order valence-corrected chi connectivity index (χ0v) is 8.75. The Morgan fingerprint density at radius 1 is 1.56 bits per heavy atom. The molecule has 1 aliphatic rings. The summed E-state index contributed by atoms with van der Waals surface area (Å²) < 4.78 is 0. The van der Waals surface area contributed by atoms with Crippen LogP contribution in [0.5, 0.6) is 0 Å². The van der Waals surface area contributed by atoms with E-state index >= 15 is 0 Å². The maximum atomic E-state index is 11.1. The molecular formula is C8H13N4O4+. The van der Waals surface area contributed by atoms with E-state index in [0.29, 0.717) is 0 Å². The quantitative estimate of drug-likeness (QED) is 0.471. The monoisotopic (exact) mass is 229 g/mol. The maximum Gasteiger partial charge on any atom is 0.407 e. The fourth-order valence-corrected chi connectivity index (χ4v) is 1.93. The molecule has 16 heavy (non-hydrogen) atoms. The van der Waals surface area contributed by atoms with Crippen LogP contribution in [0.2, 0.25) is 0 Å². The van der Waals surface area contributed by atoms with Crippen LogP contribution in [0.4, 0.5) is 4.79 Å². The van der Waals surface area contributed by atoms with E-state index < -0.39 is 23.6 Å². The minimum Gasteiger partial charge on any atom is -0.479 e. The molecule has 1 saturated heterocycles. The molecule has 0 aromatic carbocycles. The van der Waals surface area contributed by atoms with Gasteiger partial charge in [0, 0.05) is 25.4 Å². The number of piperidine rings is 1. The van der Waals surface area contributed by atoms with Crippen molar-refractivity contribution in [2.24, 2.45) is 5.11 Å². The van der Waals surface area contributed by atoms with Crippen molar-refractivity contribution in [3.8, 4) is 0 Å². The van der Waals surface area contributed by atoms with Crippen LogP contribution in [-0.4, -0.2) is 45.3 Å². The number of hydrogen-bond acceptors (Lipinski definition) is 4. The molecule has 0 bridgehead atoms. The summed E-state index contributed by atoms with van der Waals surface area (Å²) >= 11 is 0. The molecule has 0 unspecified atom stereocenters. The molecule has 8 heteroatoms. The molecular weight excluding hydrogens is 216 g/mol. The highest BCUT2D eigenvalue weighted by Gasteiger charge is 2.50. The zero-order valence-electron chi connectivity index (χ0n) is 8.75. The first-order valence-electron chi connectivity index (χ1n) is 4.74. The topological polar surface area (TPSA) is 128 Å². The second-order valence-electron chi connectivity index (χ2n) is 3.82. The summed E-state index contributed by atoms with van der Waals surface area (Å²) in [4.78, 5) is 25.8. The van der Waals surface area contributed by atoms with Crippen LogP contribution in [0.1, 0.15) is 19.8 Å². The number of hydrogen-bond donors (Lipinski definition) is 3. The van der Waals surface area contributed by atoms with Crippen molar-refractivity contribution in [1.29, 1.82) is 5.53 Å². The van der Waals surface area contributed by atoms with Gasteiger partial charge in [-0.15, -0.1) is 0 Å². The van der Waals surface area contributed by atoms with E-state index in [1.165, 1.54) is 4.90 Å². The summed E-state index contributed by atoms with van der Waals surface area (Å²) in [5.74, 6) is -1.17. The smallest absolute Gasteiger partial charge is 0.407 e. The van der Waals surface area contributed by atoms with Crippen molar-refractivity contribution in [2.75, 3.05) is 6.54 Å². The van der Waals surface area contributed by atoms with Gasteiger partial charge in [-0.3, -0.25) is 0 Å². The molecule has 0 saturated carbocycles. The van der Waals surface area contributed by atoms with Gasteiger partial charge in [0.15, 0.2) is 0 Å². The van der Waals surface area contributed by atoms with Gasteiger partial charge in [-0.25, -0.2) is 9.59 Å². The molecule has 8 nitrogen and oxygen atoms in total. The number of carboxylic acids is 1. The van der Waals surface area contributed by atoms with Gasteiger partial charge in [0.05, 0.1) is 0 Å². The normalized spacial score (nSPS) is 29.3. The largest absolute Gasteiger partial charge is 0.479 e. The van der Waals surface area contributed by atoms with Crippen molar-refractivity contribution in [1.82, 2.24) is 9.81 Å². The van der Waals surface area contributed by atoms with Gasteiger partial charge in [-0.2, -0.15) is 0 Å². The average molecular weight is 229 g/mol. The molecule has 2 atom stereocenters. The van der Waals surface area contributed by atoms with Gasteiger partial charge in [0.2, 0.25) is 10.5 Å². The number of amides is 1. The highest BCUT2D eigenvalue weighted by molar-refractivity contribution is 5.79. The minimum absolute atomic E-state index is 0.0387. The first-order chi connectivity index (χ1) is 7.43. The Labute approximate surface area is 91.1 Å². The molecule has 0 aromatic heterocycles. The third kappa shape index (κ3) is 2.01. The van der Waals surface area contributed by atoms with E-state index in [-0.39, 0.29) is 19.4 Å². The number of aliphatic carboxylic acids is 1. The summed E-state index contributed by atoms with van der Waals surface area (Å²) in [7, 11) is 0. The number of likely N-dealkylation sites (tertiary alicyclic amines) is 1. The van der Waals surface area contributed by atoms with E-state index in [1.807, 2.05) is 0 Å². The molecule has 1 aliphatic heterocycles. The van der Waals surface area contributed by atoms with Gasteiger partial charge in [-0.05, 0) is 6.92 Å². The Morgan fingerprint density at radius 2 is 2.19 bits per heavy atom. The van der Waals surface area contributed by atoms with Crippen LogP contribution in [0.3, 0.4) is 0 Å². The Kier molecular flexibility index (Phi) is 3.24. The van der Waals surface area contributed by atoms with E-state index in [2.05, 4.69) is 10.0 Å². The predicted molar refractivity (Wildman–Crippen MR) is 51.1 cm³/mol. The highest BCUT2D eigenvalue weighted by atomic mass is 16.4. The third-order valence-corrected chi connectivity index (χ3v) is 2.82. The van der Waals surface area contributed by atoms with Gasteiger partial charge in [-0.1, -0.05) is 0 Å². The van der Waals surface area contributed by atoms with Gasteiger partial charge >= 0.3 is 12.1 Å². The van der Waals surface area contributed by atoms with E-state index in [1.54, 1.807) is 6.92 Å². The summed E-state index contributed by atoms with van der Waals surface area (Å²) in [6.07, 6.45) is -0.993. The molecule has 1 heterocycles. The summed E-state index contributed by atoms with van der Waals surface area (Å²) in [5, 5.41) is 21.3. The Balaban J connectivity index is 2.93. The molecule has 3 N–H and O–H groups in total. The molecule has 88 valence electrons. The standard InChI is InChI=1S/C8H12N4O4/c1-5-4-8(6(13)14,10-11-9)2-3-12(5)7(15)16/h5,9H,2-4H2,1H3,(H-,13,14,15,16)/p+1/t5-,8+/m0/s1. The molecule has 0 radical (unpaired) electrons. The van der Waals surface area contributed by atoms with Crippen molar-refractivity contribution in [3.63, 3.8) is 0 Å². The lowest BCUT2D eigenvalue weighted by molar-refractivity contribution is -0.146. The lowest BCUT2D eigenvalue weighted by Gasteiger charge is -2.36. The average Bonchev–Trinajstić information content (AvgIpc) is 2.17. The van der Waals surface area contributed by atoms with Crippen molar-refractivity contribution >= 4 is 12.1 Å². The van der Waals surface area contributed by atoms with Crippen LogP contribution in [0.25, 0.3) is 0 Å². The maximum absolute atomic E-state index is 11.1. The first-order valence-corrected chi connectivity index (χ1v) is 4.74. The van der Waals surface area contributed by atoms with E-state index in [4.69, 9.17) is 15.7 Å². The van der Waals surface area contributed by atoms with Crippen LogP contribution in [-0.2, 0) is 4.79 Å². The fourth-order valence-electron chi connectivity index (χ4n) is 1.93. The second-order valence-corrected chi connectivity index (χ2v) is 3.82. The van der Waals surface area contributed by atoms with Crippen LogP contribution in [0.15, 0.2) is 5.11 Å². The molecule has 0 aliphatic carbocycles. The Morgan fingerprint density at radius 3 is 2.56 bits per heavy atom. The minimum atomic E-state index is -1.45. The van der Waals surface area contributed by atoms with Crippen molar-refractivity contribution in [3.05, 3.63) is 0 Å². The zero-order chi connectivity index (χ0) is 12.3. The number of nitrogens with zero attached hydrogens (tertiary/aromatic N) is 3. The molecule has 1 amide bonds. The Hall–Kier alpha value is -1.95. The predicted octanol–water partition coefficient (Wildman–Crippen LogP) is 0.522. The number of carboxylic acid groups (broad SMARTS) is 2. The lowest BCUT2D eigenvalue weighted by Crippen LogP contribution is -2.53. The van der Waals surface area contributed by atoms with Crippen LogP contribution in [0, 0.1) is 5.53 Å². The lowest BCUT2D eigenvalue weighted by atomic mass is 9.84. The number of carbonyl (C=O) groups is 2.